The van der Waals surface area contributed by atoms with Gasteiger partial charge >= 0.3 is 0 Å². The largest absolute Gasteiger partial charge is 0.391 e. The van der Waals surface area contributed by atoms with Crippen molar-refractivity contribution in [2.75, 3.05) is 18.5 Å². The minimum absolute atomic E-state index is 0.0887. The number of carbonyl (C=O) groups is 3. The number of nitrogens with two attached hydrogens (primary N) is 1. The zero-order valence-electron chi connectivity index (χ0n) is 17.4. The van der Waals surface area contributed by atoms with E-state index in [4.69, 9.17) is 10.8 Å². The Kier molecular flexibility index (Phi) is 9.15. The third-order valence-electron chi connectivity index (χ3n) is 4.25. The summed E-state index contributed by atoms with van der Waals surface area (Å²) in [5.74, 6) is 9.69. The Labute approximate surface area is 185 Å². The Morgan fingerprint density at radius 1 is 0.969 bits per heavy atom. The van der Waals surface area contributed by atoms with Gasteiger partial charge in [0.1, 0.15) is 12.6 Å². The topological polar surface area (TPSA) is 142 Å². The number of hydrogen-bond acceptors (Lipinski definition) is 6. The number of aliphatic hydroxyl groups is 2. The van der Waals surface area contributed by atoms with Crippen molar-refractivity contribution in [2.45, 2.75) is 19.1 Å². The van der Waals surface area contributed by atoms with Crippen molar-refractivity contribution >= 4 is 23.3 Å². The molecule has 0 saturated heterocycles. The molecule has 164 valence electrons. The van der Waals surface area contributed by atoms with Crippen LogP contribution in [0.5, 0.6) is 0 Å². The van der Waals surface area contributed by atoms with Gasteiger partial charge in [-0.05, 0) is 67.3 Å². The van der Waals surface area contributed by atoms with Gasteiger partial charge < -0.3 is 26.6 Å². The van der Waals surface area contributed by atoms with Gasteiger partial charge in [0.05, 0.1) is 12.6 Å². The van der Waals surface area contributed by atoms with Crippen molar-refractivity contribution in [2.24, 2.45) is 5.73 Å². The number of benzene rings is 2. The quantitative estimate of drug-likeness (QED) is 0.390. The van der Waals surface area contributed by atoms with Gasteiger partial charge in [-0.1, -0.05) is 11.8 Å². The Morgan fingerprint density at radius 3 is 1.97 bits per heavy atom. The molecule has 2 atom stereocenters. The maximum Gasteiger partial charge on any atom is 0.251 e. The first kappa shape index (κ1) is 24.3. The van der Waals surface area contributed by atoms with Crippen molar-refractivity contribution in [1.82, 2.24) is 5.32 Å². The number of nitrogens with one attached hydrogen (secondary N) is 2. The van der Waals surface area contributed by atoms with Crippen molar-refractivity contribution < 1.29 is 24.6 Å². The van der Waals surface area contributed by atoms with E-state index >= 15 is 0 Å². The number of aliphatic hydroxyl groups excluding tert-OH is 2. The molecular weight excluding hydrogens is 410 g/mol. The number of amides is 2. The molecule has 0 unspecified atom stereocenters. The molecule has 0 aromatic heterocycles. The molecule has 2 aromatic carbocycles. The molecule has 0 bridgehead atoms. The predicted molar refractivity (Wildman–Crippen MR) is 119 cm³/mol. The van der Waals surface area contributed by atoms with E-state index in [2.05, 4.69) is 34.3 Å². The van der Waals surface area contributed by atoms with E-state index in [-0.39, 0.29) is 18.0 Å². The summed E-state index contributed by atoms with van der Waals surface area (Å²) in [6.45, 7) is 0.487. The van der Waals surface area contributed by atoms with Crippen molar-refractivity contribution in [3.8, 4) is 23.7 Å². The fourth-order valence-electron chi connectivity index (χ4n) is 2.55. The van der Waals surface area contributed by atoms with E-state index in [9.17, 15) is 19.5 Å². The molecule has 0 aliphatic carbocycles. The number of hydrogen-bond donors (Lipinski definition) is 5. The van der Waals surface area contributed by atoms with Crippen LogP contribution in [0, 0.1) is 23.7 Å². The average Bonchev–Trinajstić information content (AvgIpc) is 2.80. The summed E-state index contributed by atoms with van der Waals surface area (Å²) in [5, 5.41) is 23.6. The molecule has 0 saturated carbocycles. The third kappa shape index (κ3) is 7.38. The van der Waals surface area contributed by atoms with Crippen LogP contribution in [0.2, 0.25) is 0 Å². The van der Waals surface area contributed by atoms with E-state index in [1.807, 2.05) is 0 Å². The Bertz CT molecular complexity index is 1080. The Morgan fingerprint density at radius 2 is 1.50 bits per heavy atom. The maximum absolute atomic E-state index is 12.3. The summed E-state index contributed by atoms with van der Waals surface area (Å²) in [7, 11) is 0. The lowest BCUT2D eigenvalue weighted by Gasteiger charge is -2.19. The third-order valence-corrected chi connectivity index (χ3v) is 4.25. The molecule has 8 nitrogen and oxygen atoms in total. The Balaban J connectivity index is 1.99. The minimum atomic E-state index is -1.19. The number of carbonyl (C=O) groups excluding carboxylic acids is 3. The van der Waals surface area contributed by atoms with Crippen molar-refractivity contribution in [3.05, 3.63) is 65.2 Å². The molecule has 0 heterocycles. The van der Waals surface area contributed by atoms with Gasteiger partial charge in [0.2, 0.25) is 5.91 Å². The molecule has 0 aliphatic rings. The normalized spacial score (nSPS) is 11.6. The fraction of sp³-hybridized carbons (Fsp3) is 0.208. The predicted octanol–water partition coefficient (Wildman–Crippen LogP) is 0.0276. The first-order valence-electron chi connectivity index (χ1n) is 9.68. The molecule has 0 aliphatic heterocycles. The molecule has 32 heavy (non-hydrogen) atoms. The van der Waals surface area contributed by atoms with Crippen LogP contribution in [0.15, 0.2) is 48.5 Å². The number of anilines is 1. The Hall–Kier alpha value is -3.95. The summed E-state index contributed by atoms with van der Waals surface area (Å²) in [6, 6.07) is 12.1. The van der Waals surface area contributed by atoms with Crippen LogP contribution < -0.4 is 16.4 Å². The molecule has 0 radical (unpaired) electrons. The van der Waals surface area contributed by atoms with Gasteiger partial charge in [-0.3, -0.25) is 14.4 Å². The van der Waals surface area contributed by atoms with E-state index in [0.717, 1.165) is 5.56 Å². The molecule has 2 rings (SSSR count). The fourth-order valence-corrected chi connectivity index (χ4v) is 2.55. The standard InChI is InChI=1S/C24H23N3O5/c1-16(29)23(21(30)15-28)27-24(32)19-10-6-17(7-11-19)4-2-3-5-18-8-12-20(13-9-18)26-22(31)14-25/h6-13,16,23,28-29H,14-15,25H2,1H3,(H,26,31)(H,27,32)/t16-,23+/m1/s1. The monoisotopic (exact) mass is 433 g/mol. The van der Waals surface area contributed by atoms with Gasteiger partial charge in [0.15, 0.2) is 5.78 Å². The van der Waals surface area contributed by atoms with Crippen LogP contribution in [0.1, 0.15) is 28.4 Å². The number of ketones is 1. The maximum atomic E-state index is 12.3. The zero-order valence-corrected chi connectivity index (χ0v) is 17.4. The van der Waals surface area contributed by atoms with Gasteiger partial charge in [0.25, 0.3) is 5.91 Å². The van der Waals surface area contributed by atoms with Gasteiger partial charge in [-0.15, -0.1) is 0 Å². The molecular formula is C24H23N3O5. The molecule has 2 aromatic rings. The molecule has 8 heteroatoms. The number of Topliss-reactive ketones (excluding diaryl/α,β-unsaturated/α-hetero) is 1. The second-order valence-electron chi connectivity index (χ2n) is 6.72. The summed E-state index contributed by atoms with van der Waals surface area (Å²) in [6.07, 6.45) is -1.14. The van der Waals surface area contributed by atoms with E-state index in [1.54, 1.807) is 36.4 Å². The molecule has 0 fully saturated rings. The minimum Gasteiger partial charge on any atom is -0.391 e. The van der Waals surface area contributed by atoms with Gasteiger partial charge in [0, 0.05) is 22.4 Å². The lowest BCUT2D eigenvalue weighted by atomic mass is 10.1. The summed E-state index contributed by atoms with van der Waals surface area (Å²) >= 11 is 0. The number of rotatable bonds is 7. The van der Waals surface area contributed by atoms with Crippen LogP contribution in [0.3, 0.4) is 0 Å². The second-order valence-corrected chi connectivity index (χ2v) is 6.72. The van der Waals surface area contributed by atoms with Gasteiger partial charge in [-0.25, -0.2) is 0 Å². The lowest BCUT2D eigenvalue weighted by molar-refractivity contribution is -0.125. The molecule has 2 amide bonds. The zero-order chi connectivity index (χ0) is 23.5. The van der Waals surface area contributed by atoms with Crippen LogP contribution >= 0.6 is 0 Å². The van der Waals surface area contributed by atoms with Crippen LogP contribution in [0.25, 0.3) is 0 Å². The molecule has 0 spiro atoms. The highest BCUT2D eigenvalue weighted by atomic mass is 16.3. The highest BCUT2D eigenvalue weighted by Gasteiger charge is 2.25. The van der Waals surface area contributed by atoms with Crippen LogP contribution in [-0.4, -0.2) is 53.1 Å². The summed E-state index contributed by atoms with van der Waals surface area (Å²) in [4.78, 5) is 35.1. The highest BCUT2D eigenvalue weighted by Crippen LogP contribution is 2.08. The first-order chi connectivity index (χ1) is 15.3. The van der Waals surface area contributed by atoms with Crippen molar-refractivity contribution in [3.63, 3.8) is 0 Å². The highest BCUT2D eigenvalue weighted by molar-refractivity contribution is 5.98. The lowest BCUT2D eigenvalue weighted by Crippen LogP contribution is -2.48. The summed E-state index contributed by atoms with van der Waals surface area (Å²) < 4.78 is 0. The molecule has 6 N–H and O–H groups in total. The first-order valence-corrected chi connectivity index (χ1v) is 9.68. The van der Waals surface area contributed by atoms with Crippen LogP contribution in [-0.2, 0) is 9.59 Å². The average molecular weight is 433 g/mol. The summed E-state index contributed by atoms with van der Waals surface area (Å²) in [5.41, 5.74) is 7.51. The smallest absolute Gasteiger partial charge is 0.251 e. The van der Waals surface area contributed by atoms with E-state index in [0.29, 0.717) is 11.3 Å². The van der Waals surface area contributed by atoms with Crippen molar-refractivity contribution in [1.29, 1.82) is 0 Å². The van der Waals surface area contributed by atoms with Crippen LogP contribution in [0.4, 0.5) is 5.69 Å². The SMILES string of the molecule is C[C@@H](O)[C@H](NC(=O)c1ccc(C#CC#Cc2ccc(NC(=O)CN)cc2)cc1)C(=O)CO. The van der Waals surface area contributed by atoms with E-state index < -0.39 is 30.4 Å². The van der Waals surface area contributed by atoms with Gasteiger partial charge in [-0.2, -0.15) is 0 Å². The van der Waals surface area contributed by atoms with E-state index in [1.165, 1.54) is 19.1 Å². The second kappa shape index (κ2) is 12.0.